The fourth-order valence-corrected chi connectivity index (χ4v) is 4.62. The molecule has 6 nitrogen and oxygen atoms in total. The fourth-order valence-electron chi connectivity index (χ4n) is 3.91. The number of fused-ring (bicyclic) bond motifs is 2. The van der Waals surface area contributed by atoms with Gasteiger partial charge < -0.3 is 0 Å². The summed E-state index contributed by atoms with van der Waals surface area (Å²) < 4.78 is 42.6. The van der Waals surface area contributed by atoms with Gasteiger partial charge in [-0.3, -0.25) is 4.18 Å². The zero-order valence-electron chi connectivity index (χ0n) is 15.7. The van der Waals surface area contributed by atoms with Gasteiger partial charge in [0.25, 0.3) is 10.1 Å². The van der Waals surface area contributed by atoms with E-state index in [2.05, 4.69) is 10.0 Å². The molecule has 2 aromatic rings. The number of halogens is 1. The quantitative estimate of drug-likeness (QED) is 0.294. The summed E-state index contributed by atoms with van der Waals surface area (Å²) in [6.07, 6.45) is 1.85. The molecule has 148 valence electrons. The van der Waals surface area contributed by atoms with E-state index in [1.807, 2.05) is 31.2 Å². The molecule has 0 unspecified atom stereocenters. The monoisotopic (exact) mass is 403 g/mol. The second kappa shape index (κ2) is 8.31. The third-order valence-electron chi connectivity index (χ3n) is 5.10. The molecule has 2 aromatic carbocycles. The summed E-state index contributed by atoms with van der Waals surface area (Å²) in [5.74, 6) is -0.733. The summed E-state index contributed by atoms with van der Waals surface area (Å²) >= 11 is 0. The van der Waals surface area contributed by atoms with Gasteiger partial charge >= 0.3 is 0 Å². The molecule has 0 aromatic heterocycles. The molecule has 0 bridgehead atoms. The van der Waals surface area contributed by atoms with Gasteiger partial charge in [-0.05, 0) is 65.1 Å². The van der Waals surface area contributed by atoms with E-state index in [0.29, 0.717) is 24.8 Å². The van der Waals surface area contributed by atoms with Gasteiger partial charge in [-0.15, -0.1) is 0 Å². The van der Waals surface area contributed by atoms with Gasteiger partial charge in [-0.25, -0.2) is 4.39 Å². The zero-order valence-corrected chi connectivity index (χ0v) is 16.6. The van der Waals surface area contributed by atoms with Crippen molar-refractivity contribution in [2.24, 2.45) is 5.11 Å². The normalized spacial score (nSPS) is 19.7. The highest BCUT2D eigenvalue weighted by Gasteiger charge is 2.33. The van der Waals surface area contributed by atoms with Crippen LogP contribution in [0.25, 0.3) is 10.4 Å². The van der Waals surface area contributed by atoms with E-state index < -0.39 is 28.1 Å². The molecule has 0 spiro atoms. The second-order valence-electron chi connectivity index (χ2n) is 7.04. The van der Waals surface area contributed by atoms with Crippen LogP contribution in [0, 0.1) is 5.82 Å². The predicted molar refractivity (Wildman–Crippen MR) is 105 cm³/mol. The van der Waals surface area contributed by atoms with Crippen LogP contribution >= 0.6 is 0 Å². The molecule has 28 heavy (non-hydrogen) atoms. The van der Waals surface area contributed by atoms with Crippen molar-refractivity contribution < 1.29 is 17.0 Å². The van der Waals surface area contributed by atoms with Crippen molar-refractivity contribution in [1.82, 2.24) is 0 Å². The highest BCUT2D eigenvalue weighted by Crippen LogP contribution is 2.44. The Morgan fingerprint density at radius 3 is 2.64 bits per heavy atom. The summed E-state index contributed by atoms with van der Waals surface area (Å²) in [5.41, 5.74) is 12.7. The van der Waals surface area contributed by atoms with Crippen molar-refractivity contribution in [3.63, 3.8) is 0 Å². The first-order valence-corrected chi connectivity index (χ1v) is 10.9. The lowest BCUT2D eigenvalue weighted by Crippen LogP contribution is -2.22. The van der Waals surface area contributed by atoms with Crippen LogP contribution < -0.4 is 0 Å². The molecular weight excluding hydrogens is 381 g/mol. The van der Waals surface area contributed by atoms with E-state index in [0.717, 1.165) is 22.9 Å². The number of rotatable bonds is 6. The Hall–Kier alpha value is -2.41. The Morgan fingerprint density at radius 1 is 1.25 bits per heavy atom. The molecule has 3 atom stereocenters. The molecule has 0 heterocycles. The molecule has 0 saturated carbocycles. The molecular formula is C20H22FN3O3S. The predicted octanol–water partition coefficient (Wildman–Crippen LogP) is 5.01. The van der Waals surface area contributed by atoms with Gasteiger partial charge in [0.05, 0.1) is 18.4 Å². The van der Waals surface area contributed by atoms with Crippen LogP contribution in [0.15, 0.2) is 47.6 Å². The van der Waals surface area contributed by atoms with E-state index in [1.165, 1.54) is 12.1 Å². The molecule has 0 radical (unpaired) electrons. The van der Waals surface area contributed by atoms with Crippen molar-refractivity contribution in [2.75, 3.05) is 6.26 Å². The van der Waals surface area contributed by atoms with Crippen molar-refractivity contribution in [1.29, 1.82) is 0 Å². The second-order valence-corrected chi connectivity index (χ2v) is 8.64. The van der Waals surface area contributed by atoms with Crippen molar-refractivity contribution >= 4 is 10.1 Å². The average Bonchev–Trinajstić information content (AvgIpc) is 2.76. The van der Waals surface area contributed by atoms with Crippen molar-refractivity contribution in [3.05, 3.63) is 81.0 Å². The average molecular weight is 403 g/mol. The molecule has 8 heteroatoms. The third-order valence-corrected chi connectivity index (χ3v) is 5.72. The summed E-state index contributed by atoms with van der Waals surface area (Å²) in [4.78, 5) is 3.00. The Bertz CT molecular complexity index is 1020. The lowest BCUT2D eigenvalue weighted by molar-refractivity contribution is 0.180. The largest absolute Gasteiger partial charge is 0.267 e. The highest BCUT2D eigenvalue weighted by atomic mass is 32.2. The standard InChI is InChI=1S/C20H22FN3O3S/c1-3-16(27-28(2,25)26)12-19-17-7-5-4-6-13(17)10-14-8-9-15(21)11-18(14)20(19)23-24-22/h4-9,11,16,19-20H,3,10,12H2,1-2H3/t16-,19+,20-/m0/s1. The van der Waals surface area contributed by atoms with Gasteiger partial charge in [-0.2, -0.15) is 8.42 Å². The summed E-state index contributed by atoms with van der Waals surface area (Å²) in [6, 6.07) is 11.6. The Balaban J connectivity index is 2.14. The van der Waals surface area contributed by atoms with Crippen molar-refractivity contribution in [2.45, 2.75) is 44.2 Å². The molecule has 0 saturated heterocycles. The maximum Gasteiger partial charge on any atom is 0.264 e. The first-order valence-electron chi connectivity index (χ1n) is 9.11. The van der Waals surface area contributed by atoms with Crippen LogP contribution in [0.2, 0.25) is 0 Å². The summed E-state index contributed by atoms with van der Waals surface area (Å²) in [5, 5.41) is 4.00. The molecule has 3 rings (SSSR count). The first kappa shape index (κ1) is 20.3. The molecule has 1 aliphatic rings. The van der Waals surface area contributed by atoms with E-state index in [-0.39, 0.29) is 5.92 Å². The highest BCUT2D eigenvalue weighted by molar-refractivity contribution is 7.86. The minimum atomic E-state index is -3.63. The van der Waals surface area contributed by atoms with Gasteiger partial charge in [-0.1, -0.05) is 42.4 Å². The van der Waals surface area contributed by atoms with Crippen LogP contribution in [-0.4, -0.2) is 20.8 Å². The first-order chi connectivity index (χ1) is 13.3. The lowest BCUT2D eigenvalue weighted by Gasteiger charge is -2.28. The molecule has 0 aliphatic heterocycles. The number of nitrogens with zero attached hydrogens (tertiary/aromatic N) is 3. The van der Waals surface area contributed by atoms with Crippen molar-refractivity contribution in [3.8, 4) is 0 Å². The van der Waals surface area contributed by atoms with Gasteiger partial charge in [0.1, 0.15) is 5.82 Å². The van der Waals surface area contributed by atoms with Crippen LogP contribution in [0.5, 0.6) is 0 Å². The number of azide groups is 1. The Kier molecular flexibility index (Phi) is 6.03. The Labute approximate surface area is 164 Å². The lowest BCUT2D eigenvalue weighted by atomic mass is 9.83. The zero-order chi connectivity index (χ0) is 20.3. The molecule has 0 N–H and O–H groups in total. The van der Waals surface area contributed by atoms with E-state index in [1.54, 1.807) is 6.07 Å². The summed E-state index contributed by atoms with van der Waals surface area (Å²) in [6.45, 7) is 1.84. The topological polar surface area (TPSA) is 92.1 Å². The van der Waals surface area contributed by atoms with E-state index in [9.17, 15) is 18.3 Å². The molecule has 0 amide bonds. The maximum atomic E-state index is 14.0. The minimum absolute atomic E-state index is 0.332. The van der Waals surface area contributed by atoms with Crippen LogP contribution in [0.1, 0.15) is 54.0 Å². The smallest absolute Gasteiger partial charge is 0.264 e. The van der Waals surface area contributed by atoms with E-state index in [4.69, 9.17) is 4.18 Å². The third kappa shape index (κ3) is 4.52. The SMILES string of the molecule is CC[C@@H](C[C@@H]1c2ccccc2Cc2ccc(F)cc2[C@@H]1N=[N+]=[N-])OS(C)(=O)=O. The fraction of sp³-hybridized carbons (Fsp3) is 0.400. The molecule has 1 aliphatic carbocycles. The maximum absolute atomic E-state index is 14.0. The minimum Gasteiger partial charge on any atom is -0.267 e. The van der Waals surface area contributed by atoms with Gasteiger partial charge in [0.15, 0.2) is 0 Å². The van der Waals surface area contributed by atoms with Crippen LogP contribution in [-0.2, 0) is 20.7 Å². The van der Waals surface area contributed by atoms with Crippen LogP contribution in [0.4, 0.5) is 4.39 Å². The number of hydrogen-bond donors (Lipinski definition) is 0. The van der Waals surface area contributed by atoms with Crippen LogP contribution in [0.3, 0.4) is 0 Å². The van der Waals surface area contributed by atoms with E-state index >= 15 is 0 Å². The number of benzene rings is 2. The number of hydrogen-bond acceptors (Lipinski definition) is 4. The van der Waals surface area contributed by atoms with Gasteiger partial charge in [0, 0.05) is 4.91 Å². The molecule has 0 fully saturated rings. The Morgan fingerprint density at radius 2 is 1.96 bits per heavy atom. The van der Waals surface area contributed by atoms with Gasteiger partial charge in [0.2, 0.25) is 0 Å². The summed E-state index contributed by atoms with van der Waals surface area (Å²) in [7, 11) is -3.63.